The summed E-state index contributed by atoms with van der Waals surface area (Å²) in [7, 11) is -2.98. The molecule has 15 heavy (non-hydrogen) atoms. The van der Waals surface area contributed by atoms with Crippen LogP contribution in [-0.2, 0) is 14.6 Å². The van der Waals surface area contributed by atoms with Crippen LogP contribution in [-0.4, -0.2) is 44.2 Å². The van der Waals surface area contributed by atoms with Gasteiger partial charge in [0.15, 0.2) is 9.84 Å². The normalized spacial score (nSPS) is 45.5. The second-order valence-electron chi connectivity index (χ2n) is 4.63. The van der Waals surface area contributed by atoms with E-state index in [2.05, 4.69) is 5.32 Å². The maximum Gasteiger partial charge on any atom is 0.157 e. The maximum atomic E-state index is 12.0. The highest BCUT2D eigenvalue weighted by molar-refractivity contribution is 7.92. The van der Waals surface area contributed by atoms with Crippen LogP contribution >= 0.6 is 0 Å². The molecule has 1 N–H and O–H groups in total. The van der Waals surface area contributed by atoms with Crippen LogP contribution in [0.25, 0.3) is 0 Å². The van der Waals surface area contributed by atoms with Gasteiger partial charge in [0.2, 0.25) is 0 Å². The SMILES string of the molecule is CC1CC2NCCCS(=O)(=O)C2C(C)O1. The van der Waals surface area contributed by atoms with E-state index in [1.54, 1.807) is 0 Å². The molecule has 4 nitrogen and oxygen atoms in total. The maximum absolute atomic E-state index is 12.0. The minimum atomic E-state index is -2.98. The molecule has 0 spiro atoms. The van der Waals surface area contributed by atoms with Crippen molar-refractivity contribution in [1.82, 2.24) is 5.32 Å². The Hall–Kier alpha value is -0.130. The van der Waals surface area contributed by atoms with Crippen molar-refractivity contribution < 1.29 is 13.2 Å². The van der Waals surface area contributed by atoms with Gasteiger partial charge in [-0.1, -0.05) is 0 Å². The molecule has 2 aliphatic rings. The fraction of sp³-hybridized carbons (Fsp3) is 1.00. The monoisotopic (exact) mass is 233 g/mol. The number of nitrogens with one attached hydrogen (secondary N) is 1. The molecular formula is C10H19NO3S. The van der Waals surface area contributed by atoms with E-state index in [9.17, 15) is 8.42 Å². The van der Waals surface area contributed by atoms with Gasteiger partial charge in [0.05, 0.1) is 18.0 Å². The van der Waals surface area contributed by atoms with Crippen molar-refractivity contribution in [2.45, 2.75) is 50.2 Å². The van der Waals surface area contributed by atoms with Gasteiger partial charge >= 0.3 is 0 Å². The van der Waals surface area contributed by atoms with Crippen molar-refractivity contribution in [3.63, 3.8) is 0 Å². The highest BCUT2D eigenvalue weighted by Gasteiger charge is 2.43. The zero-order chi connectivity index (χ0) is 11.1. The third-order valence-electron chi connectivity index (χ3n) is 3.32. The van der Waals surface area contributed by atoms with Crippen molar-refractivity contribution in [3.05, 3.63) is 0 Å². The van der Waals surface area contributed by atoms with Crippen LogP contribution < -0.4 is 5.32 Å². The minimum absolute atomic E-state index is 0.0799. The number of ether oxygens (including phenoxy) is 1. The molecule has 2 fully saturated rings. The molecule has 4 atom stereocenters. The Morgan fingerprint density at radius 3 is 2.80 bits per heavy atom. The van der Waals surface area contributed by atoms with Gasteiger partial charge in [0.25, 0.3) is 0 Å². The second-order valence-corrected chi connectivity index (χ2v) is 6.91. The van der Waals surface area contributed by atoms with E-state index < -0.39 is 9.84 Å². The molecule has 0 amide bonds. The molecule has 0 bridgehead atoms. The Morgan fingerprint density at radius 1 is 1.33 bits per heavy atom. The first-order chi connectivity index (χ1) is 7.00. The molecule has 2 aliphatic heterocycles. The van der Waals surface area contributed by atoms with Crippen LogP contribution in [0, 0.1) is 0 Å². The highest BCUT2D eigenvalue weighted by Crippen LogP contribution is 2.27. The Kier molecular flexibility index (Phi) is 3.05. The van der Waals surface area contributed by atoms with E-state index in [1.165, 1.54) is 0 Å². The zero-order valence-corrected chi connectivity index (χ0v) is 10.1. The highest BCUT2D eigenvalue weighted by atomic mass is 32.2. The summed E-state index contributed by atoms with van der Waals surface area (Å²) in [6.07, 6.45) is 1.49. The number of hydrogen-bond donors (Lipinski definition) is 1. The molecule has 2 saturated heterocycles. The molecule has 4 unspecified atom stereocenters. The van der Waals surface area contributed by atoms with Gasteiger partial charge in [-0.15, -0.1) is 0 Å². The molecule has 88 valence electrons. The quantitative estimate of drug-likeness (QED) is 0.655. The largest absolute Gasteiger partial charge is 0.374 e. The van der Waals surface area contributed by atoms with Crippen LogP contribution in [0.2, 0.25) is 0 Å². The summed E-state index contributed by atoms with van der Waals surface area (Å²) in [5, 5.41) is 2.99. The van der Waals surface area contributed by atoms with Crippen LogP contribution in [0.5, 0.6) is 0 Å². The molecule has 0 aromatic heterocycles. The molecular weight excluding hydrogens is 214 g/mol. The molecule has 0 saturated carbocycles. The molecule has 5 heteroatoms. The van der Waals surface area contributed by atoms with Crippen molar-refractivity contribution in [2.75, 3.05) is 12.3 Å². The average Bonchev–Trinajstić information content (AvgIpc) is 2.23. The van der Waals surface area contributed by atoms with Gasteiger partial charge in [-0.25, -0.2) is 8.42 Å². The lowest BCUT2D eigenvalue weighted by molar-refractivity contribution is -0.0382. The number of rotatable bonds is 0. The Labute approximate surface area is 91.3 Å². The third kappa shape index (κ3) is 2.19. The topological polar surface area (TPSA) is 55.4 Å². The van der Waals surface area contributed by atoms with Gasteiger partial charge in [0, 0.05) is 6.04 Å². The third-order valence-corrected chi connectivity index (χ3v) is 5.72. The summed E-state index contributed by atoms with van der Waals surface area (Å²) >= 11 is 0. The second kappa shape index (κ2) is 4.03. The van der Waals surface area contributed by atoms with E-state index in [-0.39, 0.29) is 23.5 Å². The van der Waals surface area contributed by atoms with Crippen molar-refractivity contribution in [1.29, 1.82) is 0 Å². The number of hydrogen-bond acceptors (Lipinski definition) is 4. The predicted octanol–water partition coefficient (Wildman–Crippen LogP) is 0.329. The predicted molar refractivity (Wildman–Crippen MR) is 58.6 cm³/mol. The smallest absolute Gasteiger partial charge is 0.157 e. The van der Waals surface area contributed by atoms with Gasteiger partial charge < -0.3 is 10.1 Å². The fourth-order valence-corrected chi connectivity index (χ4v) is 4.93. The van der Waals surface area contributed by atoms with Gasteiger partial charge in [0.1, 0.15) is 5.25 Å². The lowest BCUT2D eigenvalue weighted by Crippen LogP contribution is -2.55. The molecule has 0 radical (unpaired) electrons. The van der Waals surface area contributed by atoms with Crippen LogP contribution in [0.15, 0.2) is 0 Å². The van der Waals surface area contributed by atoms with Crippen LogP contribution in [0.4, 0.5) is 0 Å². The molecule has 2 rings (SSSR count). The van der Waals surface area contributed by atoms with E-state index >= 15 is 0 Å². The fourth-order valence-electron chi connectivity index (χ4n) is 2.76. The Bertz CT molecular complexity index is 328. The summed E-state index contributed by atoms with van der Waals surface area (Å²) < 4.78 is 29.7. The standard InChI is InChI=1S/C10H19NO3S/c1-7-6-9-10(8(2)14-7)15(12,13)5-3-4-11-9/h7-11H,3-6H2,1-2H3. The minimum Gasteiger partial charge on any atom is -0.374 e. The van der Waals surface area contributed by atoms with Crippen molar-refractivity contribution in [3.8, 4) is 0 Å². The van der Waals surface area contributed by atoms with E-state index in [1.807, 2.05) is 13.8 Å². The van der Waals surface area contributed by atoms with Crippen LogP contribution in [0.3, 0.4) is 0 Å². The summed E-state index contributed by atoms with van der Waals surface area (Å²) in [6.45, 7) is 4.68. The number of sulfone groups is 1. The average molecular weight is 233 g/mol. The lowest BCUT2D eigenvalue weighted by atomic mass is 9.99. The molecule has 2 heterocycles. The van der Waals surface area contributed by atoms with Crippen molar-refractivity contribution >= 4 is 9.84 Å². The van der Waals surface area contributed by atoms with Crippen LogP contribution in [0.1, 0.15) is 26.7 Å². The summed E-state index contributed by atoms with van der Waals surface area (Å²) in [4.78, 5) is 0. The van der Waals surface area contributed by atoms with Crippen molar-refractivity contribution in [2.24, 2.45) is 0 Å². The summed E-state index contributed by atoms with van der Waals surface area (Å²) in [5.74, 6) is 0.295. The van der Waals surface area contributed by atoms with Gasteiger partial charge in [-0.3, -0.25) is 0 Å². The first kappa shape index (κ1) is 11.4. The summed E-state index contributed by atoms with van der Waals surface area (Å²) in [5.41, 5.74) is 0. The van der Waals surface area contributed by atoms with Gasteiger partial charge in [-0.2, -0.15) is 0 Å². The zero-order valence-electron chi connectivity index (χ0n) is 9.27. The van der Waals surface area contributed by atoms with Gasteiger partial charge in [-0.05, 0) is 33.2 Å². The first-order valence-electron chi connectivity index (χ1n) is 5.61. The number of fused-ring (bicyclic) bond motifs is 1. The van der Waals surface area contributed by atoms with E-state index in [4.69, 9.17) is 4.74 Å². The Balaban J connectivity index is 2.28. The summed E-state index contributed by atoms with van der Waals surface area (Å²) in [6, 6.07) is 0.0799. The van der Waals surface area contributed by atoms with E-state index in [0.717, 1.165) is 19.4 Å². The lowest BCUT2D eigenvalue weighted by Gasteiger charge is -2.38. The molecule has 0 aromatic rings. The molecule has 0 aromatic carbocycles. The van der Waals surface area contributed by atoms with E-state index in [0.29, 0.717) is 5.75 Å². The Morgan fingerprint density at radius 2 is 2.07 bits per heavy atom. The molecule has 0 aliphatic carbocycles. The first-order valence-corrected chi connectivity index (χ1v) is 7.32.